The number of esters is 1. The van der Waals surface area contributed by atoms with Gasteiger partial charge in [0.05, 0.1) is 0 Å². The summed E-state index contributed by atoms with van der Waals surface area (Å²) in [6.07, 6.45) is 16.4. The molecule has 3 saturated carbocycles. The first kappa shape index (κ1) is 32.9. The lowest BCUT2D eigenvalue weighted by Gasteiger charge is -2.58. The van der Waals surface area contributed by atoms with Crippen LogP contribution in [0.3, 0.4) is 0 Å². The maximum atomic E-state index is 13.3. The van der Waals surface area contributed by atoms with Crippen molar-refractivity contribution in [3.63, 3.8) is 0 Å². The monoisotopic (exact) mass is 610 g/mol. The van der Waals surface area contributed by atoms with E-state index in [4.69, 9.17) is 21.1 Å². The molecule has 0 spiro atoms. The quantitative estimate of drug-likeness (QED) is 0.195. The molecule has 4 aliphatic carbocycles. The molecule has 3 nitrogen and oxygen atoms in total. The SMILES string of the molecule is CCC(CCC(C)C1CCC2C3CC=C4CC(OC(=O)C(C)(C)Oc5ccc(Cl)cc5)CCC4(C)C3CCC12C)C(C)C. The van der Waals surface area contributed by atoms with Crippen LogP contribution < -0.4 is 4.74 Å². The fraction of sp³-hybridized carbons (Fsp3) is 0.769. The number of ether oxygens (including phenoxy) is 2. The van der Waals surface area contributed by atoms with Crippen LogP contribution in [0.25, 0.3) is 0 Å². The molecule has 0 heterocycles. The molecule has 0 amide bonds. The van der Waals surface area contributed by atoms with Gasteiger partial charge >= 0.3 is 5.97 Å². The normalized spacial score (nSPS) is 35.3. The number of hydrogen-bond donors (Lipinski definition) is 0. The van der Waals surface area contributed by atoms with Gasteiger partial charge in [0, 0.05) is 11.4 Å². The van der Waals surface area contributed by atoms with Gasteiger partial charge in [-0.1, -0.05) is 77.6 Å². The van der Waals surface area contributed by atoms with Crippen LogP contribution in [0.2, 0.25) is 5.02 Å². The third-order valence-electron chi connectivity index (χ3n) is 13.2. The van der Waals surface area contributed by atoms with Crippen LogP contribution >= 0.6 is 11.6 Å². The van der Waals surface area contributed by atoms with Crippen LogP contribution in [0.4, 0.5) is 0 Å². The summed E-state index contributed by atoms with van der Waals surface area (Å²) in [4.78, 5) is 13.3. The van der Waals surface area contributed by atoms with E-state index in [1.165, 1.54) is 51.4 Å². The smallest absolute Gasteiger partial charge is 0.350 e. The predicted octanol–water partition coefficient (Wildman–Crippen LogP) is 11.1. The molecule has 4 heteroatoms. The van der Waals surface area contributed by atoms with Gasteiger partial charge in [-0.05, 0) is 142 Å². The lowest BCUT2D eigenvalue weighted by Crippen LogP contribution is -2.51. The zero-order valence-electron chi connectivity index (χ0n) is 28.4. The summed E-state index contributed by atoms with van der Waals surface area (Å²) in [5.74, 6) is 6.18. The maximum Gasteiger partial charge on any atom is 0.350 e. The molecule has 9 atom stereocenters. The van der Waals surface area contributed by atoms with E-state index < -0.39 is 5.60 Å². The molecular formula is C39H59ClO3. The van der Waals surface area contributed by atoms with Crippen molar-refractivity contribution in [1.29, 1.82) is 0 Å². The molecule has 240 valence electrons. The summed E-state index contributed by atoms with van der Waals surface area (Å²) in [6, 6.07) is 7.14. The highest BCUT2D eigenvalue weighted by Crippen LogP contribution is 2.67. The van der Waals surface area contributed by atoms with Gasteiger partial charge in [0.1, 0.15) is 11.9 Å². The zero-order chi connectivity index (χ0) is 31.2. The Hall–Kier alpha value is -1.48. The average molecular weight is 611 g/mol. The zero-order valence-corrected chi connectivity index (χ0v) is 29.1. The van der Waals surface area contributed by atoms with Crippen LogP contribution in [-0.4, -0.2) is 17.7 Å². The lowest BCUT2D eigenvalue weighted by atomic mass is 9.47. The lowest BCUT2D eigenvalue weighted by molar-refractivity contribution is -0.167. The molecule has 1 aromatic carbocycles. The number of carbonyl (C=O) groups excluding carboxylic acids is 1. The number of carbonyl (C=O) groups is 1. The minimum atomic E-state index is -1.06. The van der Waals surface area contributed by atoms with Gasteiger partial charge in [0.15, 0.2) is 5.60 Å². The molecular weight excluding hydrogens is 552 g/mol. The highest BCUT2D eigenvalue weighted by molar-refractivity contribution is 6.30. The Kier molecular flexibility index (Phi) is 9.74. The third kappa shape index (κ3) is 6.45. The number of benzene rings is 1. The van der Waals surface area contributed by atoms with E-state index in [1.54, 1.807) is 43.7 Å². The number of allylic oxidation sites excluding steroid dienone is 1. The Morgan fingerprint density at radius 3 is 2.40 bits per heavy atom. The van der Waals surface area contributed by atoms with Crippen molar-refractivity contribution in [1.82, 2.24) is 0 Å². The minimum absolute atomic E-state index is 0.0696. The second-order valence-electron chi connectivity index (χ2n) is 16.3. The van der Waals surface area contributed by atoms with E-state index in [0.717, 1.165) is 60.7 Å². The van der Waals surface area contributed by atoms with Crippen molar-refractivity contribution in [3.8, 4) is 5.75 Å². The number of rotatable bonds is 10. The summed E-state index contributed by atoms with van der Waals surface area (Å²) in [5.41, 5.74) is 1.25. The van der Waals surface area contributed by atoms with Gasteiger partial charge in [0.2, 0.25) is 0 Å². The second kappa shape index (κ2) is 12.7. The van der Waals surface area contributed by atoms with Crippen molar-refractivity contribution in [2.75, 3.05) is 0 Å². The van der Waals surface area contributed by atoms with Crippen LogP contribution in [0.15, 0.2) is 35.9 Å². The van der Waals surface area contributed by atoms with E-state index >= 15 is 0 Å². The van der Waals surface area contributed by atoms with Gasteiger partial charge in [-0.25, -0.2) is 4.79 Å². The molecule has 4 aliphatic rings. The first-order valence-electron chi connectivity index (χ1n) is 17.6. The number of fused-ring (bicyclic) bond motifs is 5. The summed E-state index contributed by atoms with van der Waals surface area (Å²) in [7, 11) is 0. The molecule has 3 fully saturated rings. The van der Waals surface area contributed by atoms with Crippen LogP contribution in [0.1, 0.15) is 126 Å². The van der Waals surface area contributed by atoms with Crippen LogP contribution in [0, 0.1) is 52.3 Å². The molecule has 0 saturated heterocycles. The van der Waals surface area contributed by atoms with Gasteiger partial charge in [0.25, 0.3) is 0 Å². The molecule has 0 radical (unpaired) electrons. The summed E-state index contributed by atoms with van der Waals surface area (Å²) >= 11 is 6.02. The van der Waals surface area contributed by atoms with Crippen molar-refractivity contribution in [2.24, 2.45) is 52.3 Å². The summed E-state index contributed by atoms with van der Waals surface area (Å²) in [5, 5.41) is 0.646. The largest absolute Gasteiger partial charge is 0.476 e. The molecule has 0 N–H and O–H groups in total. The molecule has 0 aromatic heterocycles. The second-order valence-corrected chi connectivity index (χ2v) is 16.7. The summed E-state index contributed by atoms with van der Waals surface area (Å²) < 4.78 is 12.2. The van der Waals surface area contributed by atoms with Crippen molar-refractivity contribution >= 4 is 17.6 Å². The molecule has 43 heavy (non-hydrogen) atoms. The average Bonchev–Trinajstić information content (AvgIpc) is 3.31. The van der Waals surface area contributed by atoms with Gasteiger partial charge in [-0.2, -0.15) is 0 Å². The van der Waals surface area contributed by atoms with Gasteiger partial charge in [-0.3, -0.25) is 0 Å². The fourth-order valence-corrected chi connectivity index (χ4v) is 10.6. The fourth-order valence-electron chi connectivity index (χ4n) is 10.5. The van der Waals surface area contributed by atoms with Crippen LogP contribution in [0.5, 0.6) is 5.75 Å². The molecule has 0 aliphatic heterocycles. The minimum Gasteiger partial charge on any atom is -0.476 e. The first-order chi connectivity index (χ1) is 20.3. The Morgan fingerprint density at radius 1 is 1.00 bits per heavy atom. The Labute approximate surface area is 267 Å². The molecule has 1 aromatic rings. The standard InChI is InChI=1S/C39H59ClO3/c1-9-27(25(2)3)11-10-26(4)33-18-19-34-32-17-12-28-24-31(20-22-38(28,7)35(32)21-23-39(33,34)8)42-36(41)37(5,6)43-30-15-13-29(40)14-16-30/h12-16,25-27,31-35H,9-11,17-24H2,1-8H3. The van der Waals surface area contributed by atoms with E-state index in [1.807, 2.05) is 0 Å². The highest BCUT2D eigenvalue weighted by Gasteiger charge is 2.59. The Bertz CT molecular complexity index is 1150. The Morgan fingerprint density at radius 2 is 1.72 bits per heavy atom. The van der Waals surface area contributed by atoms with E-state index in [0.29, 0.717) is 16.2 Å². The topological polar surface area (TPSA) is 35.5 Å². The van der Waals surface area contributed by atoms with E-state index in [-0.39, 0.29) is 17.5 Å². The number of halogens is 1. The predicted molar refractivity (Wildman–Crippen MR) is 178 cm³/mol. The van der Waals surface area contributed by atoms with E-state index in [2.05, 4.69) is 47.6 Å². The van der Waals surface area contributed by atoms with E-state index in [9.17, 15) is 4.79 Å². The first-order valence-corrected chi connectivity index (χ1v) is 18.0. The third-order valence-corrected chi connectivity index (χ3v) is 13.5. The Balaban J connectivity index is 1.22. The van der Waals surface area contributed by atoms with Crippen molar-refractivity contribution in [2.45, 2.75) is 138 Å². The number of hydrogen-bond acceptors (Lipinski definition) is 3. The van der Waals surface area contributed by atoms with Crippen LogP contribution in [-0.2, 0) is 9.53 Å². The molecule has 0 bridgehead atoms. The summed E-state index contributed by atoms with van der Waals surface area (Å²) in [6.45, 7) is 18.6. The van der Waals surface area contributed by atoms with Gasteiger partial charge in [-0.15, -0.1) is 0 Å². The molecule has 5 rings (SSSR count). The van der Waals surface area contributed by atoms with Crippen molar-refractivity contribution in [3.05, 3.63) is 40.9 Å². The van der Waals surface area contributed by atoms with Gasteiger partial charge < -0.3 is 9.47 Å². The maximum absolute atomic E-state index is 13.3. The molecule has 9 unspecified atom stereocenters. The van der Waals surface area contributed by atoms with Crippen molar-refractivity contribution < 1.29 is 14.3 Å². The highest BCUT2D eigenvalue weighted by atomic mass is 35.5.